The fourth-order valence-electron chi connectivity index (χ4n) is 2.01. The molecule has 16 heavy (non-hydrogen) atoms. The zero-order valence-corrected chi connectivity index (χ0v) is 10.2. The summed E-state index contributed by atoms with van der Waals surface area (Å²) >= 11 is 0. The standard InChI is InChI=1S/C12H18N4/c1-7(2)12-15-10-9(16(12)8(3)4)5-6-14-11(10)13/h5-8H,1-4H3,(H2,13,14). The van der Waals surface area contributed by atoms with Crippen LogP contribution in [0.15, 0.2) is 12.3 Å². The molecule has 0 fully saturated rings. The molecule has 86 valence electrons. The molecule has 0 saturated heterocycles. The number of pyridine rings is 1. The highest BCUT2D eigenvalue weighted by molar-refractivity contribution is 5.85. The van der Waals surface area contributed by atoms with E-state index in [9.17, 15) is 0 Å². The van der Waals surface area contributed by atoms with Gasteiger partial charge in [0, 0.05) is 18.2 Å². The summed E-state index contributed by atoms with van der Waals surface area (Å²) in [5, 5.41) is 0. The van der Waals surface area contributed by atoms with Gasteiger partial charge in [-0.1, -0.05) is 13.8 Å². The Labute approximate surface area is 95.5 Å². The highest BCUT2D eigenvalue weighted by Gasteiger charge is 2.17. The van der Waals surface area contributed by atoms with Crippen molar-refractivity contribution in [3.05, 3.63) is 18.1 Å². The van der Waals surface area contributed by atoms with Crippen LogP contribution in [0.1, 0.15) is 45.5 Å². The number of imidazole rings is 1. The first-order valence-electron chi connectivity index (χ1n) is 5.64. The molecule has 0 saturated carbocycles. The molecule has 0 spiro atoms. The largest absolute Gasteiger partial charge is 0.382 e. The van der Waals surface area contributed by atoms with Crippen molar-refractivity contribution in [3.63, 3.8) is 0 Å². The molecule has 2 N–H and O–H groups in total. The summed E-state index contributed by atoms with van der Waals surface area (Å²) in [4.78, 5) is 8.69. The molecule has 2 aromatic heterocycles. The number of nitrogens with two attached hydrogens (primary N) is 1. The fourth-order valence-corrected chi connectivity index (χ4v) is 2.01. The van der Waals surface area contributed by atoms with Crippen molar-refractivity contribution in [2.45, 2.75) is 39.7 Å². The third-order valence-corrected chi connectivity index (χ3v) is 2.70. The van der Waals surface area contributed by atoms with E-state index in [1.807, 2.05) is 6.07 Å². The minimum Gasteiger partial charge on any atom is -0.382 e. The lowest BCUT2D eigenvalue weighted by atomic mass is 10.2. The molecule has 0 amide bonds. The van der Waals surface area contributed by atoms with Gasteiger partial charge in [0.2, 0.25) is 0 Å². The fraction of sp³-hybridized carbons (Fsp3) is 0.500. The van der Waals surface area contributed by atoms with Crippen LogP contribution in [0.4, 0.5) is 5.82 Å². The molecule has 0 bridgehead atoms. The van der Waals surface area contributed by atoms with E-state index in [0.29, 0.717) is 17.8 Å². The Morgan fingerprint density at radius 1 is 1.25 bits per heavy atom. The first kappa shape index (κ1) is 10.9. The van der Waals surface area contributed by atoms with E-state index >= 15 is 0 Å². The minimum absolute atomic E-state index is 0.379. The molecule has 2 aromatic rings. The zero-order valence-electron chi connectivity index (χ0n) is 10.2. The van der Waals surface area contributed by atoms with E-state index in [1.54, 1.807) is 6.20 Å². The van der Waals surface area contributed by atoms with E-state index in [-0.39, 0.29) is 0 Å². The lowest BCUT2D eigenvalue weighted by Crippen LogP contribution is -2.07. The molecule has 0 aromatic carbocycles. The summed E-state index contributed by atoms with van der Waals surface area (Å²) in [5.41, 5.74) is 7.75. The van der Waals surface area contributed by atoms with Gasteiger partial charge < -0.3 is 10.3 Å². The molecular formula is C12H18N4. The van der Waals surface area contributed by atoms with E-state index < -0.39 is 0 Å². The molecular weight excluding hydrogens is 200 g/mol. The van der Waals surface area contributed by atoms with Gasteiger partial charge >= 0.3 is 0 Å². The number of anilines is 1. The quantitative estimate of drug-likeness (QED) is 0.843. The van der Waals surface area contributed by atoms with Crippen molar-refractivity contribution >= 4 is 16.9 Å². The van der Waals surface area contributed by atoms with Gasteiger partial charge in [-0.3, -0.25) is 0 Å². The molecule has 0 aliphatic rings. The summed E-state index contributed by atoms with van der Waals surface area (Å²) in [6, 6.07) is 2.36. The van der Waals surface area contributed by atoms with E-state index in [4.69, 9.17) is 5.73 Å². The van der Waals surface area contributed by atoms with Crippen LogP contribution in [0.25, 0.3) is 11.0 Å². The third-order valence-electron chi connectivity index (χ3n) is 2.70. The van der Waals surface area contributed by atoms with E-state index in [2.05, 4.69) is 42.2 Å². The first-order valence-corrected chi connectivity index (χ1v) is 5.64. The Kier molecular flexibility index (Phi) is 2.58. The zero-order chi connectivity index (χ0) is 11.9. The lowest BCUT2D eigenvalue weighted by molar-refractivity contribution is 0.564. The van der Waals surface area contributed by atoms with Gasteiger partial charge in [-0.15, -0.1) is 0 Å². The number of fused-ring (bicyclic) bond motifs is 1. The van der Waals surface area contributed by atoms with Crippen molar-refractivity contribution in [3.8, 4) is 0 Å². The minimum atomic E-state index is 0.379. The SMILES string of the molecule is CC(C)c1nc2c(N)nccc2n1C(C)C. The van der Waals surface area contributed by atoms with E-state index in [1.165, 1.54) is 0 Å². The van der Waals surface area contributed by atoms with Crippen molar-refractivity contribution in [1.82, 2.24) is 14.5 Å². The molecule has 2 rings (SSSR count). The Balaban J connectivity index is 2.81. The Morgan fingerprint density at radius 2 is 1.94 bits per heavy atom. The van der Waals surface area contributed by atoms with Crippen LogP contribution in [0.5, 0.6) is 0 Å². The summed E-state index contributed by atoms with van der Waals surface area (Å²) < 4.78 is 2.23. The van der Waals surface area contributed by atoms with Crippen LogP contribution in [0.2, 0.25) is 0 Å². The van der Waals surface area contributed by atoms with Gasteiger partial charge in [-0.2, -0.15) is 0 Å². The molecule has 0 aliphatic heterocycles. The van der Waals surface area contributed by atoms with Crippen molar-refractivity contribution < 1.29 is 0 Å². The smallest absolute Gasteiger partial charge is 0.151 e. The van der Waals surface area contributed by atoms with Crippen molar-refractivity contribution in [1.29, 1.82) is 0 Å². The maximum Gasteiger partial charge on any atom is 0.151 e. The molecule has 4 nitrogen and oxygen atoms in total. The lowest BCUT2D eigenvalue weighted by Gasteiger charge is -2.14. The Morgan fingerprint density at radius 3 is 2.50 bits per heavy atom. The average Bonchev–Trinajstić information content (AvgIpc) is 2.58. The second kappa shape index (κ2) is 3.77. The van der Waals surface area contributed by atoms with Gasteiger partial charge in [0.05, 0.1) is 5.52 Å². The average molecular weight is 218 g/mol. The number of nitrogens with zero attached hydrogens (tertiary/aromatic N) is 3. The van der Waals surface area contributed by atoms with Gasteiger partial charge in [-0.25, -0.2) is 9.97 Å². The number of aromatic nitrogens is 3. The van der Waals surface area contributed by atoms with Gasteiger partial charge in [-0.05, 0) is 19.9 Å². The predicted octanol–water partition coefficient (Wildman–Crippen LogP) is 2.72. The number of hydrogen-bond acceptors (Lipinski definition) is 3. The number of hydrogen-bond donors (Lipinski definition) is 1. The van der Waals surface area contributed by atoms with E-state index in [0.717, 1.165) is 16.9 Å². The van der Waals surface area contributed by atoms with Crippen LogP contribution in [0, 0.1) is 0 Å². The van der Waals surface area contributed by atoms with Crippen molar-refractivity contribution in [2.75, 3.05) is 5.73 Å². The van der Waals surface area contributed by atoms with Gasteiger partial charge in [0.15, 0.2) is 5.82 Å². The first-order chi connectivity index (χ1) is 7.52. The Hall–Kier alpha value is -1.58. The summed E-state index contributed by atoms with van der Waals surface area (Å²) in [5.74, 6) is 1.97. The molecule has 2 heterocycles. The van der Waals surface area contributed by atoms with Crippen LogP contribution in [0.3, 0.4) is 0 Å². The molecule has 0 atom stereocenters. The maximum atomic E-state index is 5.85. The summed E-state index contributed by atoms with van der Waals surface area (Å²) in [7, 11) is 0. The normalized spacial score (nSPS) is 11.9. The van der Waals surface area contributed by atoms with Gasteiger partial charge in [0.1, 0.15) is 11.3 Å². The van der Waals surface area contributed by atoms with Crippen LogP contribution in [-0.4, -0.2) is 14.5 Å². The second-order valence-electron chi connectivity index (χ2n) is 4.65. The van der Waals surface area contributed by atoms with Crippen LogP contribution >= 0.6 is 0 Å². The number of rotatable bonds is 2. The third kappa shape index (κ3) is 1.54. The maximum absolute atomic E-state index is 5.85. The monoisotopic (exact) mass is 218 g/mol. The highest BCUT2D eigenvalue weighted by Crippen LogP contribution is 2.27. The molecule has 0 radical (unpaired) electrons. The predicted molar refractivity (Wildman–Crippen MR) is 66.4 cm³/mol. The topological polar surface area (TPSA) is 56.7 Å². The molecule has 0 unspecified atom stereocenters. The summed E-state index contributed by atoms with van der Waals surface area (Å²) in [6.07, 6.45) is 1.74. The summed E-state index contributed by atoms with van der Waals surface area (Å²) in [6.45, 7) is 8.60. The van der Waals surface area contributed by atoms with Crippen molar-refractivity contribution in [2.24, 2.45) is 0 Å². The van der Waals surface area contributed by atoms with Gasteiger partial charge in [0.25, 0.3) is 0 Å². The Bertz CT molecular complexity index is 511. The highest BCUT2D eigenvalue weighted by atomic mass is 15.1. The molecule has 0 aliphatic carbocycles. The number of nitrogen functional groups attached to an aromatic ring is 1. The molecule has 4 heteroatoms. The second-order valence-corrected chi connectivity index (χ2v) is 4.65. The van der Waals surface area contributed by atoms with Crippen LogP contribution in [-0.2, 0) is 0 Å². The van der Waals surface area contributed by atoms with Crippen LogP contribution < -0.4 is 5.73 Å².